The van der Waals surface area contributed by atoms with Crippen molar-refractivity contribution in [2.75, 3.05) is 0 Å². The van der Waals surface area contributed by atoms with Gasteiger partial charge in [-0.1, -0.05) is 84.2 Å². The molecule has 2 heterocycles. The fourth-order valence-electron chi connectivity index (χ4n) is 3.60. The molecule has 6 nitrogen and oxygen atoms in total. The van der Waals surface area contributed by atoms with E-state index in [0.717, 1.165) is 34.7 Å². The minimum Gasteiger partial charge on any atom is -0.289 e. The molecule has 32 heavy (non-hydrogen) atoms. The van der Waals surface area contributed by atoms with Gasteiger partial charge >= 0.3 is 0 Å². The summed E-state index contributed by atoms with van der Waals surface area (Å²) in [7, 11) is 0. The van der Waals surface area contributed by atoms with Crippen LogP contribution in [0.2, 0.25) is 0 Å². The Labute approximate surface area is 192 Å². The molecule has 0 spiro atoms. The lowest BCUT2D eigenvalue weighted by atomic mass is 10.2. The Hall–Kier alpha value is -3.36. The molecule has 1 saturated heterocycles. The van der Waals surface area contributed by atoms with Crippen LogP contribution in [0.15, 0.2) is 92.4 Å². The predicted molar refractivity (Wildman–Crippen MR) is 122 cm³/mol. The molecule has 0 radical (unpaired) electrons. The average Bonchev–Trinajstić information content (AvgIpc) is 3.34. The number of carbonyl (C=O) groups is 4. The fourth-order valence-corrected chi connectivity index (χ4v) is 6.16. The average molecular weight is 461 g/mol. The summed E-state index contributed by atoms with van der Waals surface area (Å²) in [5.74, 6) is -1.43. The number of hydrazine groups is 1. The van der Waals surface area contributed by atoms with Crippen LogP contribution >= 0.6 is 23.5 Å². The summed E-state index contributed by atoms with van der Waals surface area (Å²) in [4.78, 5) is 51.9. The van der Waals surface area contributed by atoms with E-state index < -0.39 is 11.8 Å². The monoisotopic (exact) mass is 460 g/mol. The van der Waals surface area contributed by atoms with Crippen molar-refractivity contribution in [3.8, 4) is 0 Å². The second-order valence-electron chi connectivity index (χ2n) is 7.28. The zero-order valence-corrected chi connectivity index (χ0v) is 18.3. The third-order valence-electron chi connectivity index (χ3n) is 5.17. The van der Waals surface area contributed by atoms with Crippen LogP contribution < -0.4 is 0 Å². The zero-order chi connectivity index (χ0) is 22.2. The Bertz CT molecular complexity index is 1160. The van der Waals surface area contributed by atoms with Gasteiger partial charge < -0.3 is 0 Å². The Morgan fingerprint density at radius 2 is 1.00 bits per heavy atom. The SMILES string of the molecule is O=C1C=CC(=O)C2=C1SC(=C1C(=O)N(Cc3ccccc3)N(Cc3ccccc3)C1=O)S2. The topological polar surface area (TPSA) is 74.8 Å². The molecule has 3 aliphatic rings. The van der Waals surface area contributed by atoms with Crippen molar-refractivity contribution in [2.24, 2.45) is 0 Å². The van der Waals surface area contributed by atoms with E-state index in [4.69, 9.17) is 0 Å². The van der Waals surface area contributed by atoms with Crippen LogP contribution in [0, 0.1) is 0 Å². The summed E-state index contributed by atoms with van der Waals surface area (Å²) in [5, 5.41) is 2.88. The highest BCUT2D eigenvalue weighted by Gasteiger charge is 2.45. The highest BCUT2D eigenvalue weighted by Crippen LogP contribution is 2.53. The Kier molecular flexibility index (Phi) is 5.32. The summed E-state index contributed by atoms with van der Waals surface area (Å²) >= 11 is 2.07. The third kappa shape index (κ3) is 3.61. The number of hydrogen-bond donors (Lipinski definition) is 0. The smallest absolute Gasteiger partial charge is 0.280 e. The number of allylic oxidation sites excluding steroid dienone is 4. The molecule has 2 aromatic carbocycles. The van der Waals surface area contributed by atoms with Crippen LogP contribution in [0.1, 0.15) is 11.1 Å². The van der Waals surface area contributed by atoms with E-state index >= 15 is 0 Å². The molecule has 0 aromatic heterocycles. The number of benzene rings is 2. The van der Waals surface area contributed by atoms with E-state index in [-0.39, 0.29) is 40.0 Å². The van der Waals surface area contributed by atoms with Gasteiger partial charge in [-0.2, -0.15) is 0 Å². The second-order valence-corrected chi connectivity index (χ2v) is 9.58. The first-order valence-corrected chi connectivity index (χ1v) is 11.5. The molecule has 0 bridgehead atoms. The third-order valence-corrected chi connectivity index (χ3v) is 7.80. The lowest BCUT2D eigenvalue weighted by molar-refractivity contribution is -0.149. The Morgan fingerprint density at radius 1 is 0.594 bits per heavy atom. The van der Waals surface area contributed by atoms with Crippen molar-refractivity contribution >= 4 is 46.9 Å². The van der Waals surface area contributed by atoms with Crippen molar-refractivity contribution in [1.29, 1.82) is 0 Å². The van der Waals surface area contributed by atoms with Crippen molar-refractivity contribution in [2.45, 2.75) is 13.1 Å². The first-order valence-electron chi connectivity index (χ1n) is 9.85. The maximum absolute atomic E-state index is 13.5. The summed E-state index contributed by atoms with van der Waals surface area (Å²) < 4.78 is 0.379. The lowest BCUT2D eigenvalue weighted by Gasteiger charge is -2.27. The van der Waals surface area contributed by atoms with Crippen LogP contribution in [0.4, 0.5) is 0 Å². The fraction of sp³-hybridized carbons (Fsp3) is 0.0833. The normalized spacial score (nSPS) is 18.4. The van der Waals surface area contributed by atoms with Crippen LogP contribution in [-0.4, -0.2) is 33.4 Å². The molecule has 5 rings (SSSR count). The first kappa shape index (κ1) is 20.5. The van der Waals surface area contributed by atoms with E-state index in [1.54, 1.807) is 0 Å². The van der Waals surface area contributed by atoms with Gasteiger partial charge in [0.15, 0.2) is 11.6 Å². The summed E-state index contributed by atoms with van der Waals surface area (Å²) in [6, 6.07) is 18.9. The van der Waals surface area contributed by atoms with E-state index in [0.29, 0.717) is 4.24 Å². The molecule has 2 amide bonds. The number of rotatable bonds is 4. The standard InChI is InChI=1S/C24H16N2O4S2/c27-17-11-12-18(28)21-20(17)31-24(32-21)19-22(29)25(13-15-7-3-1-4-8-15)26(23(19)30)14-16-9-5-2-6-10-16/h1-12H,13-14H2. The maximum Gasteiger partial charge on any atom is 0.280 e. The molecule has 0 atom stereocenters. The van der Waals surface area contributed by atoms with Gasteiger partial charge in [-0.05, 0) is 23.3 Å². The van der Waals surface area contributed by atoms with Gasteiger partial charge in [-0.15, -0.1) is 0 Å². The highest BCUT2D eigenvalue weighted by molar-refractivity contribution is 8.29. The largest absolute Gasteiger partial charge is 0.289 e. The Morgan fingerprint density at radius 3 is 1.41 bits per heavy atom. The molecule has 2 aliphatic heterocycles. The number of carbonyl (C=O) groups excluding carboxylic acids is 4. The molecule has 2 aromatic rings. The van der Waals surface area contributed by atoms with Gasteiger partial charge in [0.2, 0.25) is 0 Å². The molecule has 0 N–H and O–H groups in total. The predicted octanol–water partition coefficient (Wildman–Crippen LogP) is 3.58. The van der Waals surface area contributed by atoms with Gasteiger partial charge in [-0.25, -0.2) is 10.0 Å². The molecule has 8 heteroatoms. The molecular weight excluding hydrogens is 444 g/mol. The van der Waals surface area contributed by atoms with Gasteiger partial charge in [0.1, 0.15) is 5.57 Å². The van der Waals surface area contributed by atoms with E-state index in [1.165, 1.54) is 22.2 Å². The summed E-state index contributed by atoms with van der Waals surface area (Å²) in [6.07, 6.45) is 2.45. The Balaban J connectivity index is 1.51. The van der Waals surface area contributed by atoms with E-state index in [9.17, 15) is 19.2 Å². The zero-order valence-electron chi connectivity index (χ0n) is 16.7. The number of amides is 2. The molecule has 158 valence electrons. The number of thioether (sulfide) groups is 2. The molecule has 0 unspecified atom stereocenters. The quantitative estimate of drug-likeness (QED) is 0.394. The second kappa shape index (κ2) is 8.29. The van der Waals surface area contributed by atoms with Crippen LogP contribution in [0.5, 0.6) is 0 Å². The minimum absolute atomic E-state index is 0.00172. The van der Waals surface area contributed by atoms with Gasteiger partial charge in [0.25, 0.3) is 11.8 Å². The maximum atomic E-state index is 13.5. The number of ketones is 2. The van der Waals surface area contributed by atoms with Crippen molar-refractivity contribution < 1.29 is 19.2 Å². The van der Waals surface area contributed by atoms with Gasteiger partial charge in [-0.3, -0.25) is 19.2 Å². The van der Waals surface area contributed by atoms with Gasteiger partial charge in [0.05, 0.1) is 27.1 Å². The van der Waals surface area contributed by atoms with E-state index in [2.05, 4.69) is 0 Å². The van der Waals surface area contributed by atoms with Crippen LogP contribution in [-0.2, 0) is 32.3 Å². The van der Waals surface area contributed by atoms with Crippen molar-refractivity contribution in [3.63, 3.8) is 0 Å². The highest BCUT2D eigenvalue weighted by atomic mass is 32.2. The van der Waals surface area contributed by atoms with Crippen LogP contribution in [0.25, 0.3) is 0 Å². The molecular formula is C24H16N2O4S2. The summed E-state index contributed by atoms with van der Waals surface area (Å²) in [5.41, 5.74) is 1.77. The minimum atomic E-state index is -0.433. The molecule has 0 saturated carbocycles. The molecule has 1 fully saturated rings. The van der Waals surface area contributed by atoms with Crippen molar-refractivity contribution in [3.05, 3.63) is 104 Å². The van der Waals surface area contributed by atoms with Crippen molar-refractivity contribution in [1.82, 2.24) is 10.0 Å². The van der Waals surface area contributed by atoms with E-state index in [1.807, 2.05) is 60.7 Å². The summed E-state index contributed by atoms with van der Waals surface area (Å²) in [6.45, 7) is 0.466. The number of hydrogen-bond acceptors (Lipinski definition) is 6. The first-order chi connectivity index (χ1) is 15.5. The lowest BCUT2D eigenvalue weighted by Crippen LogP contribution is -2.39. The molecule has 1 aliphatic carbocycles. The van der Waals surface area contributed by atoms with Crippen LogP contribution in [0.3, 0.4) is 0 Å². The number of nitrogens with zero attached hydrogens (tertiary/aromatic N) is 2. The van der Waals surface area contributed by atoms with Gasteiger partial charge in [0, 0.05) is 0 Å².